The van der Waals surface area contributed by atoms with Gasteiger partial charge in [-0.1, -0.05) is 11.6 Å². The van der Waals surface area contributed by atoms with Crippen molar-refractivity contribution in [3.05, 3.63) is 47.0 Å². The summed E-state index contributed by atoms with van der Waals surface area (Å²) in [6.45, 7) is 3.28. The molecule has 8 heteroatoms. The molecule has 0 bridgehead atoms. The summed E-state index contributed by atoms with van der Waals surface area (Å²) in [5.74, 6) is 0.352. The third-order valence-electron chi connectivity index (χ3n) is 7.37. The summed E-state index contributed by atoms with van der Waals surface area (Å²) in [6, 6.07) is 11.0. The molecule has 33 heavy (non-hydrogen) atoms. The summed E-state index contributed by atoms with van der Waals surface area (Å²) in [5.41, 5.74) is 1.15. The Morgan fingerprint density at radius 2 is 2.03 bits per heavy atom. The first-order chi connectivity index (χ1) is 15.9. The van der Waals surface area contributed by atoms with Crippen LogP contribution in [0.2, 0.25) is 5.02 Å². The van der Waals surface area contributed by atoms with E-state index in [1.807, 2.05) is 25.1 Å². The normalized spacial score (nSPS) is 25.9. The number of methoxy groups -OCH3 is 2. The maximum atomic E-state index is 14.1. The highest BCUT2D eigenvalue weighted by molar-refractivity contribution is 6.31. The number of carbonyl (C=O) groups excluding carboxylic acids is 2. The molecular weight excluding hydrogens is 442 g/mol. The van der Waals surface area contributed by atoms with Crippen molar-refractivity contribution in [3.8, 4) is 11.5 Å². The fourth-order valence-corrected chi connectivity index (χ4v) is 6.20. The van der Waals surface area contributed by atoms with E-state index < -0.39 is 11.5 Å². The first kappa shape index (κ1) is 22.0. The molecule has 3 heterocycles. The SMILES string of the molecule is CCN1C(=O)C2(c3cc(Cl)ccc31)C(C(=O)Nc1cc(OC)ccc1OC)CC1CCCN12. The molecule has 1 spiro atoms. The van der Waals surface area contributed by atoms with Gasteiger partial charge in [-0.25, -0.2) is 0 Å². The van der Waals surface area contributed by atoms with E-state index in [-0.39, 0.29) is 17.9 Å². The highest BCUT2D eigenvalue weighted by atomic mass is 35.5. The number of likely N-dealkylation sites (N-methyl/N-ethyl adjacent to an activating group) is 1. The van der Waals surface area contributed by atoms with E-state index in [1.54, 1.807) is 37.3 Å². The number of nitrogens with one attached hydrogen (secondary N) is 1. The van der Waals surface area contributed by atoms with E-state index in [2.05, 4.69) is 10.2 Å². The Balaban J connectivity index is 1.61. The van der Waals surface area contributed by atoms with Crippen LogP contribution in [0.4, 0.5) is 11.4 Å². The van der Waals surface area contributed by atoms with Crippen LogP contribution in [0.3, 0.4) is 0 Å². The second-order valence-corrected chi connectivity index (χ2v) is 9.25. The zero-order valence-corrected chi connectivity index (χ0v) is 19.8. The van der Waals surface area contributed by atoms with Crippen LogP contribution in [-0.4, -0.2) is 50.1 Å². The van der Waals surface area contributed by atoms with Gasteiger partial charge in [0.25, 0.3) is 5.91 Å². The Labute approximate surface area is 198 Å². The third kappa shape index (κ3) is 3.13. The molecule has 3 aliphatic rings. The Morgan fingerprint density at radius 1 is 1.21 bits per heavy atom. The van der Waals surface area contributed by atoms with Gasteiger partial charge in [-0.3, -0.25) is 14.5 Å². The molecule has 0 radical (unpaired) electrons. The first-order valence-electron chi connectivity index (χ1n) is 11.4. The van der Waals surface area contributed by atoms with Crippen molar-refractivity contribution in [2.75, 3.05) is 37.5 Å². The van der Waals surface area contributed by atoms with Crippen LogP contribution in [0.1, 0.15) is 31.7 Å². The lowest BCUT2D eigenvalue weighted by molar-refractivity contribution is -0.136. The van der Waals surface area contributed by atoms with Crippen molar-refractivity contribution in [1.29, 1.82) is 0 Å². The fourth-order valence-electron chi connectivity index (χ4n) is 6.02. The second-order valence-electron chi connectivity index (χ2n) is 8.81. The van der Waals surface area contributed by atoms with E-state index in [9.17, 15) is 9.59 Å². The molecule has 3 unspecified atom stereocenters. The minimum atomic E-state index is -1.05. The van der Waals surface area contributed by atoms with Gasteiger partial charge in [-0.15, -0.1) is 0 Å². The maximum Gasteiger partial charge on any atom is 0.253 e. The van der Waals surface area contributed by atoms with Crippen LogP contribution < -0.4 is 19.7 Å². The number of ether oxygens (including phenoxy) is 2. The summed E-state index contributed by atoms with van der Waals surface area (Å²) in [5, 5.41) is 3.61. The molecule has 1 N–H and O–H groups in total. The summed E-state index contributed by atoms with van der Waals surface area (Å²) >= 11 is 6.42. The average molecular weight is 470 g/mol. The number of hydrogen-bond donors (Lipinski definition) is 1. The van der Waals surface area contributed by atoms with Crippen LogP contribution in [0.25, 0.3) is 0 Å². The van der Waals surface area contributed by atoms with Crippen LogP contribution in [0.15, 0.2) is 36.4 Å². The molecule has 3 aliphatic heterocycles. The number of amides is 2. The molecule has 3 atom stereocenters. The van der Waals surface area contributed by atoms with E-state index in [0.29, 0.717) is 35.2 Å². The Morgan fingerprint density at radius 3 is 2.76 bits per heavy atom. The molecule has 2 aromatic rings. The molecule has 2 saturated heterocycles. The van der Waals surface area contributed by atoms with Gasteiger partial charge in [0.1, 0.15) is 17.0 Å². The minimum absolute atomic E-state index is 0.0376. The smallest absolute Gasteiger partial charge is 0.253 e. The Kier molecular flexibility index (Phi) is 5.49. The standard InChI is InChI=1S/C25H28ClN3O4/c1-4-28-21-9-7-15(26)12-18(21)25(24(28)31)19(13-16-6-5-11-29(16)25)23(30)27-20-14-17(32-2)8-10-22(20)33-3/h7-10,12,14,16,19H,4-6,11,13H2,1-3H3,(H,27,30). The third-order valence-corrected chi connectivity index (χ3v) is 7.61. The number of benzene rings is 2. The van der Waals surface area contributed by atoms with Gasteiger partial charge in [-0.05, 0) is 63.1 Å². The van der Waals surface area contributed by atoms with E-state index in [1.165, 1.54) is 0 Å². The van der Waals surface area contributed by atoms with Crippen molar-refractivity contribution in [3.63, 3.8) is 0 Å². The molecule has 0 aromatic heterocycles. The number of carbonyl (C=O) groups is 2. The summed E-state index contributed by atoms with van der Waals surface area (Å²) < 4.78 is 10.8. The van der Waals surface area contributed by atoms with E-state index in [0.717, 1.165) is 30.6 Å². The predicted octanol–water partition coefficient (Wildman–Crippen LogP) is 4.04. The minimum Gasteiger partial charge on any atom is -0.497 e. The molecule has 174 valence electrons. The van der Waals surface area contributed by atoms with Crippen LogP contribution in [0, 0.1) is 5.92 Å². The van der Waals surface area contributed by atoms with Crippen molar-refractivity contribution in [2.24, 2.45) is 5.92 Å². The van der Waals surface area contributed by atoms with Crippen LogP contribution >= 0.6 is 11.6 Å². The monoisotopic (exact) mass is 469 g/mol. The average Bonchev–Trinajstić information content (AvgIpc) is 3.46. The lowest BCUT2D eigenvalue weighted by Gasteiger charge is -2.37. The fraction of sp³-hybridized carbons (Fsp3) is 0.440. The number of fused-ring (bicyclic) bond motifs is 4. The molecule has 5 rings (SSSR count). The van der Waals surface area contributed by atoms with Crippen molar-refractivity contribution in [2.45, 2.75) is 37.8 Å². The molecule has 0 saturated carbocycles. The highest BCUT2D eigenvalue weighted by Crippen LogP contribution is 2.57. The zero-order valence-electron chi connectivity index (χ0n) is 19.1. The predicted molar refractivity (Wildman–Crippen MR) is 127 cm³/mol. The van der Waals surface area contributed by atoms with Gasteiger partial charge in [0.2, 0.25) is 5.91 Å². The van der Waals surface area contributed by atoms with E-state index in [4.69, 9.17) is 21.1 Å². The van der Waals surface area contributed by atoms with Crippen molar-refractivity contribution >= 4 is 34.8 Å². The number of rotatable bonds is 5. The van der Waals surface area contributed by atoms with Crippen LogP contribution in [-0.2, 0) is 15.1 Å². The zero-order chi connectivity index (χ0) is 23.3. The van der Waals surface area contributed by atoms with Crippen molar-refractivity contribution < 1.29 is 19.1 Å². The Hall–Kier alpha value is -2.77. The van der Waals surface area contributed by atoms with Crippen molar-refractivity contribution in [1.82, 2.24) is 4.90 Å². The second kappa shape index (κ2) is 8.22. The van der Waals surface area contributed by atoms with Gasteiger partial charge in [0.15, 0.2) is 0 Å². The highest BCUT2D eigenvalue weighted by Gasteiger charge is 2.67. The van der Waals surface area contributed by atoms with Gasteiger partial charge in [0.05, 0.1) is 25.8 Å². The van der Waals surface area contributed by atoms with Gasteiger partial charge in [0, 0.05) is 34.9 Å². The molecule has 2 aromatic carbocycles. The molecular formula is C25H28ClN3O4. The molecule has 2 amide bonds. The topological polar surface area (TPSA) is 71.1 Å². The quantitative estimate of drug-likeness (QED) is 0.715. The summed E-state index contributed by atoms with van der Waals surface area (Å²) in [6.07, 6.45) is 2.61. The maximum absolute atomic E-state index is 14.1. The lowest BCUT2D eigenvalue weighted by Crippen LogP contribution is -2.55. The first-order valence-corrected chi connectivity index (χ1v) is 11.7. The number of anilines is 2. The van der Waals surface area contributed by atoms with Gasteiger partial charge in [-0.2, -0.15) is 0 Å². The molecule has 2 fully saturated rings. The molecule has 7 nitrogen and oxygen atoms in total. The lowest BCUT2D eigenvalue weighted by atomic mass is 9.78. The van der Waals surface area contributed by atoms with Crippen LogP contribution in [0.5, 0.6) is 11.5 Å². The number of halogens is 1. The Bertz CT molecular complexity index is 1120. The van der Waals surface area contributed by atoms with Gasteiger partial charge < -0.3 is 19.7 Å². The number of nitrogens with zero attached hydrogens (tertiary/aromatic N) is 2. The van der Waals surface area contributed by atoms with Gasteiger partial charge >= 0.3 is 0 Å². The molecule has 0 aliphatic carbocycles. The summed E-state index contributed by atoms with van der Waals surface area (Å²) in [4.78, 5) is 32.0. The number of hydrogen-bond acceptors (Lipinski definition) is 5. The van der Waals surface area contributed by atoms with E-state index >= 15 is 0 Å². The largest absolute Gasteiger partial charge is 0.497 e. The summed E-state index contributed by atoms with van der Waals surface area (Å²) in [7, 11) is 3.13.